The van der Waals surface area contributed by atoms with Crippen LogP contribution in [0.2, 0.25) is 0 Å². The van der Waals surface area contributed by atoms with Crippen molar-refractivity contribution in [2.24, 2.45) is 10.9 Å². The number of carbonyl (C=O) groups is 2. The van der Waals surface area contributed by atoms with Gasteiger partial charge in [-0.3, -0.25) is 4.99 Å². The molecule has 1 aromatic rings. The maximum atomic E-state index is 11.8. The predicted octanol–water partition coefficient (Wildman–Crippen LogP) is 1.01. The summed E-state index contributed by atoms with van der Waals surface area (Å²) in [6.07, 6.45) is 3.82. The highest BCUT2D eigenvalue weighted by atomic mass is 16.7. The molecule has 0 aliphatic carbocycles. The first-order valence-corrected chi connectivity index (χ1v) is 5.80. The summed E-state index contributed by atoms with van der Waals surface area (Å²) >= 11 is 0. The molecule has 1 unspecified atom stereocenters. The van der Waals surface area contributed by atoms with Gasteiger partial charge < -0.3 is 9.57 Å². The molecule has 0 heterocycles. The summed E-state index contributed by atoms with van der Waals surface area (Å²) in [5.74, 6) is 3.33. The second kappa shape index (κ2) is 7.20. The molecule has 6 heteroatoms. The van der Waals surface area contributed by atoms with Gasteiger partial charge in [0.2, 0.25) is 0 Å². The average molecular weight is 276 g/mol. The Morgan fingerprint density at radius 2 is 1.95 bits per heavy atom. The van der Waals surface area contributed by atoms with Gasteiger partial charge in [-0.2, -0.15) is 5.90 Å². The molecule has 0 aliphatic rings. The van der Waals surface area contributed by atoms with Crippen molar-refractivity contribution in [2.45, 2.75) is 12.5 Å². The fourth-order valence-electron chi connectivity index (χ4n) is 1.39. The number of nitrogens with zero attached hydrogens (tertiary/aromatic N) is 1. The van der Waals surface area contributed by atoms with Crippen molar-refractivity contribution in [3.05, 3.63) is 48.0 Å². The predicted molar refractivity (Wildman–Crippen MR) is 73.9 cm³/mol. The zero-order valence-electron chi connectivity index (χ0n) is 11.3. The Balaban J connectivity index is 3.00. The Labute approximate surface area is 116 Å². The number of benzene rings is 1. The van der Waals surface area contributed by atoms with Crippen LogP contribution < -0.4 is 5.90 Å². The lowest BCUT2D eigenvalue weighted by molar-refractivity contribution is -0.144. The van der Waals surface area contributed by atoms with Gasteiger partial charge in [-0.1, -0.05) is 30.3 Å². The first-order chi connectivity index (χ1) is 9.51. The Kier molecular flexibility index (Phi) is 5.61. The van der Waals surface area contributed by atoms with Gasteiger partial charge in [-0.25, -0.2) is 9.59 Å². The van der Waals surface area contributed by atoms with E-state index in [9.17, 15) is 9.59 Å². The lowest BCUT2D eigenvalue weighted by Gasteiger charge is -2.17. The fourth-order valence-corrected chi connectivity index (χ4v) is 1.39. The van der Waals surface area contributed by atoms with E-state index in [4.69, 9.17) is 5.90 Å². The monoisotopic (exact) mass is 276 g/mol. The highest BCUT2D eigenvalue weighted by Crippen LogP contribution is 2.15. The third-order valence-corrected chi connectivity index (χ3v) is 2.54. The van der Waals surface area contributed by atoms with E-state index in [1.165, 1.54) is 26.3 Å². The van der Waals surface area contributed by atoms with Crippen molar-refractivity contribution >= 4 is 18.2 Å². The molecule has 1 rings (SSSR count). The SMILES string of the molecule is COC(=O)C(C)(/C=C/C(=O)ON)N=Cc1ccccc1. The summed E-state index contributed by atoms with van der Waals surface area (Å²) in [6.45, 7) is 1.51. The van der Waals surface area contributed by atoms with E-state index in [2.05, 4.69) is 14.6 Å². The van der Waals surface area contributed by atoms with E-state index in [1.54, 1.807) is 0 Å². The minimum atomic E-state index is -1.33. The second-order valence-corrected chi connectivity index (χ2v) is 4.08. The van der Waals surface area contributed by atoms with Crippen LogP contribution in [0.4, 0.5) is 0 Å². The fraction of sp³-hybridized carbons (Fsp3) is 0.214. The minimum Gasteiger partial charge on any atom is -0.467 e. The summed E-state index contributed by atoms with van der Waals surface area (Å²) in [6, 6.07) is 9.23. The molecule has 0 fully saturated rings. The quantitative estimate of drug-likeness (QED) is 0.375. The van der Waals surface area contributed by atoms with Crippen molar-refractivity contribution in [1.82, 2.24) is 0 Å². The molecule has 6 nitrogen and oxygen atoms in total. The van der Waals surface area contributed by atoms with Gasteiger partial charge in [0.15, 0.2) is 5.54 Å². The van der Waals surface area contributed by atoms with Crippen molar-refractivity contribution in [3.8, 4) is 0 Å². The summed E-state index contributed by atoms with van der Waals surface area (Å²) in [5.41, 5.74) is -0.517. The molecular formula is C14H16N2O4. The van der Waals surface area contributed by atoms with E-state index in [-0.39, 0.29) is 0 Å². The number of esters is 1. The van der Waals surface area contributed by atoms with Crippen LogP contribution in [0.15, 0.2) is 47.5 Å². The van der Waals surface area contributed by atoms with Gasteiger partial charge in [0.1, 0.15) is 0 Å². The summed E-state index contributed by atoms with van der Waals surface area (Å²) in [7, 11) is 1.24. The van der Waals surface area contributed by atoms with Crippen LogP contribution in [0.1, 0.15) is 12.5 Å². The molecule has 1 atom stereocenters. The highest BCUT2D eigenvalue weighted by molar-refractivity contribution is 5.90. The van der Waals surface area contributed by atoms with Crippen LogP contribution in [-0.4, -0.2) is 30.8 Å². The molecule has 0 aromatic heterocycles. The molecule has 0 radical (unpaired) electrons. The largest absolute Gasteiger partial charge is 0.467 e. The van der Waals surface area contributed by atoms with E-state index >= 15 is 0 Å². The standard InChI is InChI=1S/C14H16N2O4/c1-14(13(18)19-2,9-8-12(17)20-15)16-10-11-6-4-3-5-7-11/h3-10H,15H2,1-2H3/b9-8+,16-10?. The van der Waals surface area contributed by atoms with Crippen LogP contribution in [0.5, 0.6) is 0 Å². The summed E-state index contributed by atoms with van der Waals surface area (Å²) < 4.78 is 4.68. The van der Waals surface area contributed by atoms with E-state index < -0.39 is 17.5 Å². The van der Waals surface area contributed by atoms with Crippen molar-refractivity contribution in [1.29, 1.82) is 0 Å². The molecule has 0 spiro atoms. The molecule has 0 saturated heterocycles. The average Bonchev–Trinajstić information content (AvgIpc) is 2.50. The number of rotatable bonds is 5. The van der Waals surface area contributed by atoms with Crippen LogP contribution in [0.25, 0.3) is 0 Å². The number of carbonyl (C=O) groups excluding carboxylic acids is 2. The van der Waals surface area contributed by atoms with Crippen molar-refractivity contribution in [2.75, 3.05) is 7.11 Å². The van der Waals surface area contributed by atoms with Crippen LogP contribution in [-0.2, 0) is 19.2 Å². The molecule has 0 amide bonds. The first kappa shape index (κ1) is 15.6. The number of hydrogen-bond donors (Lipinski definition) is 1. The Bertz CT molecular complexity index is 525. The molecule has 106 valence electrons. The third-order valence-electron chi connectivity index (χ3n) is 2.54. The number of aliphatic imine (C=N–C) groups is 1. The van der Waals surface area contributed by atoms with Gasteiger partial charge in [-0.15, -0.1) is 0 Å². The van der Waals surface area contributed by atoms with Gasteiger partial charge in [0.25, 0.3) is 0 Å². The summed E-state index contributed by atoms with van der Waals surface area (Å²) in [4.78, 5) is 31.0. The maximum Gasteiger partial charge on any atom is 0.349 e. The van der Waals surface area contributed by atoms with Crippen molar-refractivity contribution < 1.29 is 19.2 Å². The molecule has 0 bridgehead atoms. The number of hydrogen-bond acceptors (Lipinski definition) is 6. The lowest BCUT2D eigenvalue weighted by atomic mass is 10.0. The molecule has 20 heavy (non-hydrogen) atoms. The van der Waals surface area contributed by atoms with E-state index in [1.807, 2.05) is 30.3 Å². The molecule has 0 saturated carbocycles. The minimum absolute atomic E-state index is 0.606. The van der Waals surface area contributed by atoms with Crippen molar-refractivity contribution in [3.63, 3.8) is 0 Å². The first-order valence-electron chi connectivity index (χ1n) is 5.80. The molecule has 0 aliphatic heterocycles. The number of ether oxygens (including phenoxy) is 1. The van der Waals surface area contributed by atoms with Crippen LogP contribution in [0.3, 0.4) is 0 Å². The number of nitrogens with two attached hydrogens (primary N) is 1. The Morgan fingerprint density at radius 1 is 1.30 bits per heavy atom. The van der Waals surface area contributed by atoms with Crippen LogP contribution >= 0.6 is 0 Å². The lowest BCUT2D eigenvalue weighted by Crippen LogP contribution is -2.32. The summed E-state index contributed by atoms with van der Waals surface area (Å²) in [5, 5.41) is 0. The number of methoxy groups -OCH3 is 1. The van der Waals surface area contributed by atoms with Gasteiger partial charge in [0, 0.05) is 12.3 Å². The Morgan fingerprint density at radius 3 is 2.50 bits per heavy atom. The maximum absolute atomic E-state index is 11.8. The van der Waals surface area contributed by atoms with Gasteiger partial charge in [-0.05, 0) is 18.6 Å². The zero-order chi connectivity index (χ0) is 15.0. The third kappa shape index (κ3) is 4.33. The highest BCUT2D eigenvalue weighted by Gasteiger charge is 2.30. The Hall–Kier alpha value is -2.47. The molecule has 1 aromatic carbocycles. The van der Waals surface area contributed by atoms with Gasteiger partial charge >= 0.3 is 11.9 Å². The topological polar surface area (TPSA) is 91.0 Å². The van der Waals surface area contributed by atoms with Gasteiger partial charge in [0.05, 0.1) is 7.11 Å². The normalized spacial score (nSPS) is 14.2. The van der Waals surface area contributed by atoms with E-state index in [0.29, 0.717) is 0 Å². The van der Waals surface area contributed by atoms with E-state index in [0.717, 1.165) is 11.6 Å². The van der Waals surface area contributed by atoms with Crippen LogP contribution in [0, 0.1) is 0 Å². The molecular weight excluding hydrogens is 260 g/mol. The molecule has 2 N–H and O–H groups in total. The second-order valence-electron chi connectivity index (χ2n) is 4.08. The smallest absolute Gasteiger partial charge is 0.349 e. The zero-order valence-corrected chi connectivity index (χ0v) is 11.3.